The zero-order chi connectivity index (χ0) is 28.1. The third kappa shape index (κ3) is 4.72. The largest absolute Gasteiger partial charge is 0.456 e. The van der Waals surface area contributed by atoms with Crippen molar-refractivity contribution in [2.45, 2.75) is 44.6 Å². The molecule has 2 unspecified atom stereocenters. The second-order valence-electron chi connectivity index (χ2n) is 11.3. The van der Waals surface area contributed by atoms with Crippen LogP contribution in [0, 0.1) is 0 Å². The zero-order valence-corrected chi connectivity index (χ0v) is 23.1. The van der Waals surface area contributed by atoms with Crippen molar-refractivity contribution in [1.29, 1.82) is 0 Å². The number of nitrogens with one attached hydrogen (secondary N) is 1. The number of rotatable bonds is 6. The van der Waals surface area contributed by atoms with Gasteiger partial charge in [-0.1, -0.05) is 78.3 Å². The van der Waals surface area contributed by atoms with Crippen LogP contribution in [0.15, 0.2) is 105 Å². The minimum atomic E-state index is -1.36. The average molecular weight is 529 g/mol. The van der Waals surface area contributed by atoms with E-state index in [4.69, 9.17) is 14.4 Å². The van der Waals surface area contributed by atoms with Gasteiger partial charge in [0.15, 0.2) is 5.84 Å². The Morgan fingerprint density at radius 2 is 1.52 bits per heavy atom. The Morgan fingerprint density at radius 3 is 2.30 bits per heavy atom. The molecule has 6 rings (SSSR count). The van der Waals surface area contributed by atoms with Gasteiger partial charge in [0.05, 0.1) is 11.2 Å². The molecule has 5 aromatic rings. The molecule has 0 saturated carbocycles. The third-order valence-corrected chi connectivity index (χ3v) is 7.95. The van der Waals surface area contributed by atoms with Gasteiger partial charge < -0.3 is 19.9 Å². The number of fused-ring (bicyclic) bond motifs is 3. The molecule has 0 bridgehead atoms. The van der Waals surface area contributed by atoms with Crippen molar-refractivity contribution in [2.75, 3.05) is 0 Å². The maximum absolute atomic E-state index is 11.1. The van der Waals surface area contributed by atoms with Gasteiger partial charge in [-0.25, -0.2) is 9.98 Å². The van der Waals surface area contributed by atoms with E-state index in [1.165, 1.54) is 0 Å². The predicted octanol–water partition coefficient (Wildman–Crippen LogP) is 4.40. The first-order valence-corrected chi connectivity index (χ1v) is 13.5. The first kappa shape index (κ1) is 26.0. The number of amidine groups is 2. The molecule has 1 aromatic heterocycles. The molecule has 4 aromatic carbocycles. The van der Waals surface area contributed by atoms with Crippen molar-refractivity contribution < 1.29 is 14.6 Å². The molecular weight excluding hydrogens is 497 g/mol. The summed E-state index contributed by atoms with van der Waals surface area (Å²) in [5.41, 5.74) is 3.73. The van der Waals surface area contributed by atoms with Gasteiger partial charge in [0.1, 0.15) is 31.0 Å². The van der Waals surface area contributed by atoms with Crippen LogP contribution >= 0.6 is 0 Å². The highest BCUT2D eigenvalue weighted by molar-refractivity contribution is 6.38. The summed E-state index contributed by atoms with van der Waals surface area (Å²) in [6, 6.07) is 30.1. The Bertz CT molecular complexity index is 1780. The number of para-hydroxylation sites is 1. The molecule has 1 aliphatic rings. The molecule has 2 atom stereocenters. The number of nitrogens with zero attached hydrogens (tertiary/aromatic N) is 2. The van der Waals surface area contributed by atoms with Gasteiger partial charge in [0.2, 0.25) is 0 Å². The lowest BCUT2D eigenvalue weighted by molar-refractivity contribution is -0.118. The third-order valence-electron chi connectivity index (χ3n) is 7.95. The fourth-order valence-electron chi connectivity index (χ4n) is 5.12. The number of aliphatic imine (C=N–C) groups is 2. The van der Waals surface area contributed by atoms with Crippen LogP contribution in [0.2, 0.25) is 0 Å². The maximum atomic E-state index is 11.1. The summed E-state index contributed by atoms with van der Waals surface area (Å²) < 4.78 is 6.12. The quantitative estimate of drug-likeness (QED) is 0.285. The van der Waals surface area contributed by atoms with Crippen molar-refractivity contribution in [3.63, 3.8) is 0 Å². The van der Waals surface area contributed by atoms with Crippen molar-refractivity contribution in [3.05, 3.63) is 113 Å². The molecule has 0 aliphatic carbocycles. The van der Waals surface area contributed by atoms with Crippen LogP contribution in [-0.4, -0.2) is 40.9 Å². The minimum absolute atomic E-state index is 0.242. The van der Waals surface area contributed by atoms with Crippen molar-refractivity contribution >= 4 is 46.9 Å². The van der Waals surface area contributed by atoms with E-state index in [0.29, 0.717) is 11.7 Å². The van der Waals surface area contributed by atoms with E-state index in [1.54, 1.807) is 20.8 Å². The molecule has 6 nitrogen and oxygen atoms in total. The SMILES string of the molecule is Bc1cc2oc3ccccc3c2cc1C1=NC(c2ccccc2CC(C)(O)C(C)(C)O)=NC(c2ccccc2)N1. The van der Waals surface area contributed by atoms with Gasteiger partial charge in [-0.15, -0.1) is 0 Å². The molecule has 3 N–H and O–H groups in total. The fraction of sp³-hybridized carbons (Fsp3) is 0.212. The molecule has 0 saturated heterocycles. The van der Waals surface area contributed by atoms with Gasteiger partial charge in [0, 0.05) is 28.3 Å². The maximum Gasteiger partial charge on any atom is 0.159 e. The number of hydrogen-bond donors (Lipinski definition) is 3. The lowest BCUT2D eigenvalue weighted by atomic mass is 9.81. The number of aliphatic hydroxyl groups is 2. The van der Waals surface area contributed by atoms with Gasteiger partial charge in [-0.3, -0.25) is 0 Å². The Balaban J connectivity index is 1.50. The summed E-state index contributed by atoms with van der Waals surface area (Å²) in [6.45, 7) is 4.90. The van der Waals surface area contributed by atoms with Crippen LogP contribution < -0.4 is 10.8 Å². The molecule has 7 heteroatoms. The summed E-state index contributed by atoms with van der Waals surface area (Å²) in [5.74, 6) is 1.29. The number of hydrogen-bond acceptors (Lipinski definition) is 6. The van der Waals surface area contributed by atoms with E-state index in [2.05, 4.69) is 31.4 Å². The number of furan rings is 1. The fourth-order valence-corrected chi connectivity index (χ4v) is 5.12. The second kappa shape index (κ2) is 9.77. The Hall–Kier alpha value is -4.20. The van der Waals surface area contributed by atoms with E-state index in [-0.39, 0.29) is 12.6 Å². The average Bonchev–Trinajstić information content (AvgIpc) is 3.29. The lowest BCUT2D eigenvalue weighted by Gasteiger charge is -2.36. The molecule has 200 valence electrons. The highest BCUT2D eigenvalue weighted by atomic mass is 16.4. The van der Waals surface area contributed by atoms with Crippen LogP contribution in [0.25, 0.3) is 21.9 Å². The molecular formula is C33H32BN3O3. The van der Waals surface area contributed by atoms with Gasteiger partial charge in [0.25, 0.3) is 0 Å². The van der Waals surface area contributed by atoms with E-state index in [0.717, 1.165) is 49.7 Å². The first-order valence-electron chi connectivity index (χ1n) is 13.5. The van der Waals surface area contributed by atoms with E-state index < -0.39 is 11.2 Å². The standard InChI is InChI=1S/C33H32BN3O3/c1-32(2,38)33(3,39)19-21-13-7-8-14-22(21)30-35-29(20-11-5-4-6-12-20)36-31(37-30)25-17-24-23-15-9-10-16-27(23)40-28(24)18-26(25)34/h4-18,29,38-39H,19,34H2,1-3H3,(H,35,36,37). The molecule has 2 heterocycles. The van der Waals surface area contributed by atoms with Crippen LogP contribution in [0.5, 0.6) is 0 Å². The molecule has 0 fully saturated rings. The summed E-state index contributed by atoms with van der Waals surface area (Å²) in [6.07, 6.45) is -0.117. The summed E-state index contributed by atoms with van der Waals surface area (Å²) in [7, 11) is 2.06. The van der Waals surface area contributed by atoms with Gasteiger partial charge in [-0.2, -0.15) is 0 Å². The van der Waals surface area contributed by atoms with Crippen LogP contribution in [0.4, 0.5) is 0 Å². The van der Waals surface area contributed by atoms with Crippen molar-refractivity contribution in [3.8, 4) is 0 Å². The summed E-state index contributed by atoms with van der Waals surface area (Å²) in [4.78, 5) is 10.1. The topological polar surface area (TPSA) is 90.4 Å². The Morgan fingerprint density at radius 1 is 0.825 bits per heavy atom. The van der Waals surface area contributed by atoms with Crippen molar-refractivity contribution in [1.82, 2.24) is 5.32 Å². The molecule has 40 heavy (non-hydrogen) atoms. The Kier molecular flexibility index (Phi) is 6.36. The first-order chi connectivity index (χ1) is 19.1. The highest BCUT2D eigenvalue weighted by Gasteiger charge is 2.38. The van der Waals surface area contributed by atoms with Crippen LogP contribution in [-0.2, 0) is 6.42 Å². The van der Waals surface area contributed by atoms with Crippen LogP contribution in [0.1, 0.15) is 49.2 Å². The highest BCUT2D eigenvalue weighted by Crippen LogP contribution is 2.31. The molecule has 1 aliphatic heterocycles. The molecule has 0 amide bonds. The second-order valence-corrected chi connectivity index (χ2v) is 11.3. The summed E-state index contributed by atoms with van der Waals surface area (Å²) in [5, 5.41) is 27.4. The normalized spacial score (nSPS) is 17.3. The molecule has 0 spiro atoms. The van der Waals surface area contributed by atoms with Crippen molar-refractivity contribution in [2.24, 2.45) is 9.98 Å². The lowest BCUT2D eigenvalue weighted by Crippen LogP contribution is -2.49. The molecule has 0 radical (unpaired) electrons. The van der Waals surface area contributed by atoms with E-state index >= 15 is 0 Å². The van der Waals surface area contributed by atoms with E-state index in [1.807, 2.05) is 72.8 Å². The predicted molar refractivity (Wildman–Crippen MR) is 164 cm³/mol. The van der Waals surface area contributed by atoms with Gasteiger partial charge in [-0.05, 0) is 50.1 Å². The monoisotopic (exact) mass is 529 g/mol. The minimum Gasteiger partial charge on any atom is -0.456 e. The van der Waals surface area contributed by atoms with Crippen LogP contribution in [0.3, 0.4) is 0 Å². The number of benzene rings is 4. The summed E-state index contributed by atoms with van der Waals surface area (Å²) >= 11 is 0. The Labute approximate surface area is 234 Å². The van der Waals surface area contributed by atoms with Gasteiger partial charge >= 0.3 is 0 Å². The smallest absolute Gasteiger partial charge is 0.159 e. The zero-order valence-electron chi connectivity index (χ0n) is 23.1. The van der Waals surface area contributed by atoms with E-state index in [9.17, 15) is 10.2 Å².